The summed E-state index contributed by atoms with van der Waals surface area (Å²) in [5.41, 5.74) is 7.29. The number of fused-ring (bicyclic) bond motifs is 1. The van der Waals surface area contributed by atoms with Crippen molar-refractivity contribution in [3.05, 3.63) is 34.3 Å². The molecule has 1 amide bonds. The average Bonchev–Trinajstić information content (AvgIpc) is 2.93. The fourth-order valence-electron chi connectivity index (χ4n) is 2.51. The zero-order valence-electron chi connectivity index (χ0n) is 10.3. The minimum Gasteiger partial charge on any atom is -0.408 e. The predicted octanol–water partition coefficient (Wildman–Crippen LogP) is 0.731. The van der Waals surface area contributed by atoms with Crippen molar-refractivity contribution in [2.75, 3.05) is 0 Å². The molecule has 2 unspecified atom stereocenters. The number of hydrogen-bond acceptors (Lipinski definition) is 4. The smallest absolute Gasteiger partial charge is 0.408 e. The summed E-state index contributed by atoms with van der Waals surface area (Å²) >= 11 is 0. The molecule has 6 nitrogen and oxygen atoms in total. The van der Waals surface area contributed by atoms with E-state index in [0.717, 1.165) is 19.3 Å². The first-order valence-corrected chi connectivity index (χ1v) is 6.31. The Morgan fingerprint density at radius 3 is 3.00 bits per heavy atom. The Labute approximate surface area is 109 Å². The third-order valence-electron chi connectivity index (χ3n) is 3.49. The highest BCUT2D eigenvalue weighted by atomic mass is 16.4. The first-order chi connectivity index (χ1) is 9.11. The standard InChI is InChI=1S/C13H15N3O3/c14-8-2-3-9(6-8)15-12(17)7-1-4-11-10(5-7)16-13(18)19-11/h1,4-5,8-9H,2-3,6,14H2,(H,15,17)(H,16,18). The van der Waals surface area contributed by atoms with Gasteiger partial charge in [0, 0.05) is 17.6 Å². The van der Waals surface area contributed by atoms with Crippen molar-refractivity contribution >= 4 is 17.0 Å². The molecular weight excluding hydrogens is 246 g/mol. The molecule has 1 aliphatic carbocycles. The Morgan fingerprint density at radius 1 is 1.42 bits per heavy atom. The van der Waals surface area contributed by atoms with E-state index in [0.29, 0.717) is 16.7 Å². The van der Waals surface area contributed by atoms with Crippen molar-refractivity contribution in [2.24, 2.45) is 5.73 Å². The Hall–Kier alpha value is -2.08. The quantitative estimate of drug-likeness (QED) is 0.741. The summed E-state index contributed by atoms with van der Waals surface area (Å²) in [6, 6.07) is 5.19. The Morgan fingerprint density at radius 2 is 2.26 bits per heavy atom. The number of aromatic nitrogens is 1. The Bertz CT molecular complexity index is 673. The minimum absolute atomic E-state index is 0.140. The largest absolute Gasteiger partial charge is 0.417 e. The van der Waals surface area contributed by atoms with E-state index in [4.69, 9.17) is 10.2 Å². The van der Waals surface area contributed by atoms with E-state index in [9.17, 15) is 9.59 Å². The molecule has 1 heterocycles. The monoisotopic (exact) mass is 261 g/mol. The third kappa shape index (κ3) is 2.39. The summed E-state index contributed by atoms with van der Waals surface area (Å²) in [5.74, 6) is -0.669. The number of nitrogens with one attached hydrogen (secondary N) is 2. The van der Waals surface area contributed by atoms with Crippen LogP contribution in [0.5, 0.6) is 0 Å². The first-order valence-electron chi connectivity index (χ1n) is 6.31. The molecule has 100 valence electrons. The zero-order valence-corrected chi connectivity index (χ0v) is 10.3. The summed E-state index contributed by atoms with van der Waals surface area (Å²) in [4.78, 5) is 25.7. The number of oxazole rings is 1. The maximum atomic E-state index is 12.1. The highest BCUT2D eigenvalue weighted by molar-refractivity contribution is 5.97. The van der Waals surface area contributed by atoms with Crippen molar-refractivity contribution in [3.63, 3.8) is 0 Å². The van der Waals surface area contributed by atoms with Crippen LogP contribution in [0, 0.1) is 0 Å². The van der Waals surface area contributed by atoms with Gasteiger partial charge in [-0.15, -0.1) is 0 Å². The van der Waals surface area contributed by atoms with Crippen LogP contribution < -0.4 is 16.8 Å². The van der Waals surface area contributed by atoms with Crippen molar-refractivity contribution in [1.29, 1.82) is 0 Å². The highest BCUT2D eigenvalue weighted by Gasteiger charge is 2.23. The Balaban J connectivity index is 1.79. The Kier molecular flexibility index (Phi) is 2.87. The van der Waals surface area contributed by atoms with Crippen LogP contribution in [0.1, 0.15) is 29.6 Å². The van der Waals surface area contributed by atoms with Gasteiger partial charge >= 0.3 is 5.76 Å². The molecule has 0 saturated heterocycles. The van der Waals surface area contributed by atoms with Crippen LogP contribution in [0.3, 0.4) is 0 Å². The second kappa shape index (κ2) is 4.55. The topological polar surface area (TPSA) is 101 Å². The van der Waals surface area contributed by atoms with E-state index in [1.54, 1.807) is 18.2 Å². The van der Waals surface area contributed by atoms with Gasteiger partial charge < -0.3 is 15.5 Å². The molecule has 19 heavy (non-hydrogen) atoms. The van der Waals surface area contributed by atoms with Gasteiger partial charge in [0.1, 0.15) is 0 Å². The molecule has 0 bridgehead atoms. The summed E-state index contributed by atoms with van der Waals surface area (Å²) in [7, 11) is 0. The van der Waals surface area contributed by atoms with E-state index in [2.05, 4.69) is 10.3 Å². The lowest BCUT2D eigenvalue weighted by atomic mass is 10.1. The van der Waals surface area contributed by atoms with Gasteiger partial charge in [0.2, 0.25) is 0 Å². The maximum absolute atomic E-state index is 12.1. The average molecular weight is 261 g/mol. The van der Waals surface area contributed by atoms with Crippen molar-refractivity contribution in [3.8, 4) is 0 Å². The molecule has 1 saturated carbocycles. The summed E-state index contributed by atoms with van der Waals surface area (Å²) < 4.78 is 4.89. The number of nitrogens with two attached hydrogens (primary N) is 1. The number of carbonyl (C=O) groups excluding carboxylic acids is 1. The van der Waals surface area contributed by atoms with E-state index in [1.807, 2.05) is 0 Å². The van der Waals surface area contributed by atoms with E-state index < -0.39 is 5.76 Å². The normalized spacial score (nSPS) is 22.8. The van der Waals surface area contributed by atoms with Crippen molar-refractivity contribution < 1.29 is 9.21 Å². The van der Waals surface area contributed by atoms with Crippen LogP contribution in [0.4, 0.5) is 0 Å². The number of amides is 1. The highest BCUT2D eigenvalue weighted by Crippen LogP contribution is 2.18. The van der Waals surface area contributed by atoms with Gasteiger partial charge in [0.05, 0.1) is 5.52 Å². The van der Waals surface area contributed by atoms with Gasteiger partial charge in [-0.2, -0.15) is 0 Å². The molecule has 1 aliphatic rings. The van der Waals surface area contributed by atoms with Crippen molar-refractivity contribution in [1.82, 2.24) is 10.3 Å². The van der Waals surface area contributed by atoms with Crippen molar-refractivity contribution in [2.45, 2.75) is 31.3 Å². The second-order valence-corrected chi connectivity index (χ2v) is 4.97. The predicted molar refractivity (Wildman–Crippen MR) is 69.9 cm³/mol. The van der Waals surface area contributed by atoms with Gasteiger partial charge in [-0.25, -0.2) is 4.79 Å². The number of benzene rings is 1. The number of hydrogen-bond donors (Lipinski definition) is 3. The molecule has 4 N–H and O–H groups in total. The number of aromatic amines is 1. The van der Waals surface area contributed by atoms with Gasteiger partial charge in [-0.3, -0.25) is 9.78 Å². The summed E-state index contributed by atoms with van der Waals surface area (Å²) in [5, 5.41) is 2.96. The van der Waals surface area contributed by atoms with Crippen LogP contribution in [0.15, 0.2) is 27.4 Å². The molecule has 1 aromatic heterocycles. The van der Waals surface area contributed by atoms with Crippen LogP contribution in [0.2, 0.25) is 0 Å². The van der Waals surface area contributed by atoms with Crippen LogP contribution in [-0.2, 0) is 0 Å². The molecule has 1 fully saturated rings. The molecule has 2 aromatic rings. The zero-order chi connectivity index (χ0) is 13.4. The van der Waals surface area contributed by atoms with Gasteiger partial charge in [-0.05, 0) is 37.5 Å². The maximum Gasteiger partial charge on any atom is 0.417 e. The van der Waals surface area contributed by atoms with Crippen LogP contribution in [0.25, 0.3) is 11.1 Å². The van der Waals surface area contributed by atoms with Crippen LogP contribution >= 0.6 is 0 Å². The fraction of sp³-hybridized carbons (Fsp3) is 0.385. The molecule has 2 atom stereocenters. The molecule has 0 radical (unpaired) electrons. The molecule has 1 aromatic carbocycles. The van der Waals surface area contributed by atoms with E-state index in [1.165, 1.54) is 0 Å². The summed E-state index contributed by atoms with van der Waals surface area (Å²) in [6.45, 7) is 0. The van der Waals surface area contributed by atoms with Gasteiger partial charge in [0.25, 0.3) is 5.91 Å². The molecule has 3 rings (SSSR count). The number of carbonyl (C=O) groups is 1. The fourth-order valence-corrected chi connectivity index (χ4v) is 2.51. The first kappa shape index (κ1) is 12.0. The SMILES string of the molecule is NC1CCC(NC(=O)c2ccc3oc(=O)[nH]c3c2)C1. The van der Waals surface area contributed by atoms with Gasteiger partial charge in [0.15, 0.2) is 5.58 Å². The number of rotatable bonds is 2. The van der Waals surface area contributed by atoms with E-state index in [-0.39, 0.29) is 18.0 Å². The van der Waals surface area contributed by atoms with Gasteiger partial charge in [-0.1, -0.05) is 0 Å². The molecular formula is C13H15N3O3. The lowest BCUT2D eigenvalue weighted by Gasteiger charge is -2.12. The number of H-pyrrole nitrogens is 1. The molecule has 0 aliphatic heterocycles. The van der Waals surface area contributed by atoms with Crippen LogP contribution in [-0.4, -0.2) is 23.0 Å². The third-order valence-corrected chi connectivity index (χ3v) is 3.49. The molecule has 0 spiro atoms. The lowest BCUT2D eigenvalue weighted by molar-refractivity contribution is 0.0938. The summed E-state index contributed by atoms with van der Waals surface area (Å²) in [6.07, 6.45) is 2.67. The molecule has 6 heteroatoms. The second-order valence-electron chi connectivity index (χ2n) is 4.97. The minimum atomic E-state index is -0.519. The van der Waals surface area contributed by atoms with E-state index >= 15 is 0 Å². The lowest BCUT2D eigenvalue weighted by Crippen LogP contribution is -2.34.